The summed E-state index contributed by atoms with van der Waals surface area (Å²) in [5.74, 6) is 2.15. The van der Waals surface area contributed by atoms with Crippen LogP contribution in [0.4, 0.5) is 4.79 Å². The Balaban J connectivity index is 1.45. The number of rotatable bonds is 10. The Labute approximate surface area is 197 Å². The van der Waals surface area contributed by atoms with Crippen molar-refractivity contribution in [1.82, 2.24) is 9.80 Å². The second kappa shape index (κ2) is 9.83. The summed E-state index contributed by atoms with van der Waals surface area (Å²) in [6, 6.07) is 1.82. The van der Waals surface area contributed by atoms with Crippen molar-refractivity contribution in [3.63, 3.8) is 0 Å². The lowest BCUT2D eigenvalue weighted by Gasteiger charge is -2.64. The van der Waals surface area contributed by atoms with E-state index in [1.54, 1.807) is 4.90 Å². The van der Waals surface area contributed by atoms with Crippen LogP contribution in [-0.4, -0.2) is 62.1 Å². The van der Waals surface area contributed by atoms with Gasteiger partial charge in [0.2, 0.25) is 5.91 Å². The summed E-state index contributed by atoms with van der Waals surface area (Å²) >= 11 is 2.11. The maximum Gasteiger partial charge on any atom is 0.408 e. The topological polar surface area (TPSA) is 84.6 Å². The molecule has 0 radical (unpaired) electrons. The number of thioether (sulfide) groups is 1. The zero-order valence-electron chi connectivity index (χ0n) is 19.6. The minimum atomic E-state index is -0.965. The SMILES string of the molecule is CCCCCCCSC12CC3C[C@H](C1)CC(N(CC(=O)N1CCCC1C#N)C(=O)O)(C3)C2. The van der Waals surface area contributed by atoms with Crippen LogP contribution >= 0.6 is 11.8 Å². The molecular weight excluding hydrogens is 422 g/mol. The van der Waals surface area contributed by atoms with Crippen LogP contribution in [0.5, 0.6) is 0 Å². The summed E-state index contributed by atoms with van der Waals surface area (Å²) in [4.78, 5) is 28.6. The van der Waals surface area contributed by atoms with Gasteiger partial charge < -0.3 is 10.0 Å². The van der Waals surface area contributed by atoms with E-state index in [0.29, 0.717) is 24.8 Å². The summed E-state index contributed by atoms with van der Waals surface area (Å²) in [7, 11) is 0. The van der Waals surface area contributed by atoms with Crippen molar-refractivity contribution >= 4 is 23.8 Å². The average molecular weight is 462 g/mol. The van der Waals surface area contributed by atoms with Crippen LogP contribution in [0.15, 0.2) is 0 Å². The third-order valence-electron chi connectivity index (χ3n) is 8.45. The number of carbonyl (C=O) groups excluding carboxylic acids is 1. The van der Waals surface area contributed by atoms with Crippen LogP contribution in [0, 0.1) is 23.2 Å². The van der Waals surface area contributed by atoms with E-state index in [-0.39, 0.29) is 17.2 Å². The zero-order valence-corrected chi connectivity index (χ0v) is 20.4. The van der Waals surface area contributed by atoms with Crippen LogP contribution in [0.1, 0.15) is 90.4 Å². The van der Waals surface area contributed by atoms with Gasteiger partial charge in [-0.1, -0.05) is 32.6 Å². The van der Waals surface area contributed by atoms with Gasteiger partial charge in [-0.2, -0.15) is 17.0 Å². The van der Waals surface area contributed by atoms with Crippen LogP contribution in [0.2, 0.25) is 0 Å². The third-order valence-corrected chi connectivity index (χ3v) is 10.0. The van der Waals surface area contributed by atoms with E-state index in [1.165, 1.54) is 62.0 Å². The molecule has 4 unspecified atom stereocenters. The molecule has 0 aromatic carbocycles. The predicted octanol–water partition coefficient (Wildman–Crippen LogP) is 5.28. The summed E-state index contributed by atoms with van der Waals surface area (Å²) in [6.45, 7) is 2.72. The maximum atomic E-state index is 13.1. The molecule has 0 aromatic heterocycles. The average Bonchev–Trinajstić information content (AvgIpc) is 3.22. The summed E-state index contributed by atoms with van der Waals surface area (Å²) < 4.78 is 0.189. The van der Waals surface area contributed by atoms with Gasteiger partial charge in [0.05, 0.1) is 6.07 Å². The highest BCUT2D eigenvalue weighted by Crippen LogP contribution is 2.63. The largest absolute Gasteiger partial charge is 0.465 e. The van der Waals surface area contributed by atoms with Gasteiger partial charge in [-0.05, 0) is 75.4 Å². The second-order valence-electron chi connectivity index (χ2n) is 10.9. The fourth-order valence-corrected chi connectivity index (χ4v) is 9.33. The number of amides is 2. The van der Waals surface area contributed by atoms with Gasteiger partial charge in [-0.3, -0.25) is 9.69 Å². The molecule has 4 bridgehead atoms. The van der Waals surface area contributed by atoms with E-state index >= 15 is 0 Å². The van der Waals surface area contributed by atoms with Crippen molar-refractivity contribution in [2.24, 2.45) is 11.8 Å². The van der Waals surface area contributed by atoms with E-state index in [2.05, 4.69) is 24.8 Å². The maximum absolute atomic E-state index is 13.1. The van der Waals surface area contributed by atoms with Crippen molar-refractivity contribution in [2.75, 3.05) is 18.8 Å². The molecule has 6 nitrogen and oxygen atoms in total. The van der Waals surface area contributed by atoms with Crippen LogP contribution in [-0.2, 0) is 4.79 Å². The molecule has 1 N–H and O–H groups in total. The Bertz CT molecular complexity index is 737. The molecule has 5 fully saturated rings. The molecule has 0 aromatic rings. The molecule has 1 saturated heterocycles. The van der Waals surface area contributed by atoms with E-state index < -0.39 is 17.7 Å². The fraction of sp³-hybridized carbons (Fsp3) is 0.880. The van der Waals surface area contributed by atoms with Crippen molar-refractivity contribution in [1.29, 1.82) is 5.26 Å². The van der Waals surface area contributed by atoms with Crippen LogP contribution in [0.25, 0.3) is 0 Å². The molecule has 4 saturated carbocycles. The molecule has 32 heavy (non-hydrogen) atoms. The lowest BCUT2D eigenvalue weighted by atomic mass is 9.52. The first-order chi connectivity index (χ1) is 15.4. The molecule has 5 atom stereocenters. The fourth-order valence-electron chi connectivity index (χ4n) is 7.47. The van der Waals surface area contributed by atoms with Crippen LogP contribution in [0.3, 0.4) is 0 Å². The van der Waals surface area contributed by atoms with E-state index in [4.69, 9.17) is 0 Å². The molecule has 4 aliphatic carbocycles. The highest BCUT2D eigenvalue weighted by molar-refractivity contribution is 8.00. The molecule has 5 aliphatic rings. The van der Waals surface area contributed by atoms with E-state index in [0.717, 1.165) is 25.7 Å². The van der Waals surface area contributed by atoms with E-state index in [9.17, 15) is 20.0 Å². The molecule has 2 amide bonds. The molecule has 178 valence electrons. The molecule has 0 spiro atoms. The first-order valence-electron chi connectivity index (χ1n) is 12.7. The first kappa shape index (κ1) is 23.7. The number of nitriles is 1. The standard InChI is InChI=1S/C25H39N3O3S/c1-2-3-4-5-6-10-32-25-14-19-11-20(15-25)13-24(12-19,18-25)28(23(30)31)17-22(29)27-9-7-8-21(27)16-26/h19-21H,2-15,17-18H2,1H3,(H,30,31)/t19-,20?,21?,24?,25?/m0/s1. The highest BCUT2D eigenvalue weighted by Gasteiger charge is 2.61. The highest BCUT2D eigenvalue weighted by atomic mass is 32.2. The molecule has 5 rings (SSSR count). The molecule has 1 heterocycles. The molecular formula is C25H39N3O3S. The minimum absolute atomic E-state index is 0.0925. The number of carbonyl (C=O) groups is 2. The lowest BCUT2D eigenvalue weighted by molar-refractivity contribution is -0.136. The molecule has 1 aliphatic heterocycles. The monoisotopic (exact) mass is 461 g/mol. The number of hydrogen-bond donors (Lipinski definition) is 1. The summed E-state index contributed by atoms with van der Waals surface area (Å²) in [5.41, 5.74) is -0.400. The Morgan fingerprint density at radius 2 is 1.88 bits per heavy atom. The lowest BCUT2D eigenvalue weighted by Crippen LogP contribution is -2.66. The van der Waals surface area contributed by atoms with Crippen molar-refractivity contribution < 1.29 is 14.7 Å². The smallest absolute Gasteiger partial charge is 0.408 e. The summed E-state index contributed by atoms with van der Waals surface area (Å²) in [5, 5.41) is 19.6. The first-order valence-corrected chi connectivity index (χ1v) is 13.7. The zero-order chi connectivity index (χ0) is 22.8. The van der Waals surface area contributed by atoms with Crippen molar-refractivity contribution in [2.45, 2.75) is 107 Å². The van der Waals surface area contributed by atoms with Crippen molar-refractivity contribution in [3.8, 4) is 6.07 Å². The van der Waals surface area contributed by atoms with E-state index in [1.807, 2.05) is 0 Å². The molecule has 7 heteroatoms. The van der Waals surface area contributed by atoms with Gasteiger partial charge in [0, 0.05) is 16.8 Å². The normalized spacial score (nSPS) is 35.1. The Kier molecular flexibility index (Phi) is 7.29. The Morgan fingerprint density at radius 1 is 1.16 bits per heavy atom. The number of likely N-dealkylation sites (tertiary alicyclic amines) is 1. The summed E-state index contributed by atoms with van der Waals surface area (Å²) in [6.07, 6.45) is 13.4. The van der Waals surface area contributed by atoms with Gasteiger partial charge in [-0.15, -0.1) is 0 Å². The van der Waals surface area contributed by atoms with Gasteiger partial charge >= 0.3 is 6.09 Å². The Morgan fingerprint density at radius 3 is 2.53 bits per heavy atom. The second-order valence-corrected chi connectivity index (χ2v) is 12.4. The number of unbranched alkanes of at least 4 members (excludes halogenated alkanes) is 4. The van der Waals surface area contributed by atoms with Crippen molar-refractivity contribution in [3.05, 3.63) is 0 Å². The van der Waals surface area contributed by atoms with Gasteiger partial charge in [-0.25, -0.2) is 4.79 Å². The Hall–Kier alpha value is -1.42. The minimum Gasteiger partial charge on any atom is -0.465 e. The van der Waals surface area contributed by atoms with Gasteiger partial charge in [0.1, 0.15) is 12.6 Å². The number of carboxylic acid groups (broad SMARTS) is 1. The van der Waals surface area contributed by atoms with Gasteiger partial charge in [0.15, 0.2) is 0 Å². The van der Waals surface area contributed by atoms with Crippen LogP contribution < -0.4 is 0 Å². The van der Waals surface area contributed by atoms with Gasteiger partial charge in [0.25, 0.3) is 0 Å². The number of nitrogens with zero attached hydrogens (tertiary/aromatic N) is 3. The predicted molar refractivity (Wildman–Crippen MR) is 126 cm³/mol. The number of hydrogen-bond acceptors (Lipinski definition) is 4. The third kappa shape index (κ3) is 4.76. The quantitative estimate of drug-likeness (QED) is 0.448.